The molecule has 0 atom stereocenters. The van der Waals surface area contributed by atoms with Crippen molar-refractivity contribution in [3.05, 3.63) is 46.1 Å². The normalized spacial score (nSPS) is 14.0. The zero-order chi connectivity index (χ0) is 15.3. The van der Waals surface area contributed by atoms with E-state index in [0.29, 0.717) is 22.5 Å². The van der Waals surface area contributed by atoms with Crippen molar-refractivity contribution in [2.45, 2.75) is 20.4 Å². The Hall–Kier alpha value is -2.63. The second-order valence-corrected chi connectivity index (χ2v) is 5.32. The van der Waals surface area contributed by atoms with Crippen molar-refractivity contribution < 1.29 is 9.59 Å². The highest BCUT2D eigenvalue weighted by Gasteiger charge is 2.38. The molecule has 108 valence electrons. The summed E-state index contributed by atoms with van der Waals surface area (Å²) in [4.78, 5) is 26.3. The molecular formula is C15H16N4O2. The smallest absolute Gasteiger partial charge is 0.262 e. The van der Waals surface area contributed by atoms with Gasteiger partial charge < -0.3 is 5.73 Å². The van der Waals surface area contributed by atoms with Crippen molar-refractivity contribution in [1.82, 2.24) is 14.7 Å². The molecule has 1 aliphatic heterocycles. The van der Waals surface area contributed by atoms with Crippen LogP contribution < -0.4 is 5.73 Å². The number of nitrogen functional groups attached to an aromatic ring is 1. The predicted molar refractivity (Wildman–Crippen MR) is 77.7 cm³/mol. The zero-order valence-corrected chi connectivity index (χ0v) is 12.2. The fourth-order valence-corrected chi connectivity index (χ4v) is 2.65. The second kappa shape index (κ2) is 4.44. The topological polar surface area (TPSA) is 81.2 Å². The molecule has 2 aromatic rings. The van der Waals surface area contributed by atoms with E-state index >= 15 is 0 Å². The molecule has 0 aliphatic carbocycles. The average Bonchev–Trinajstić information content (AvgIpc) is 2.89. The average molecular weight is 284 g/mol. The van der Waals surface area contributed by atoms with Gasteiger partial charge in [0.15, 0.2) is 0 Å². The van der Waals surface area contributed by atoms with Gasteiger partial charge in [-0.25, -0.2) is 0 Å². The number of nitrogens with zero attached hydrogens (tertiary/aromatic N) is 3. The Kier molecular flexibility index (Phi) is 2.83. The van der Waals surface area contributed by atoms with Gasteiger partial charge >= 0.3 is 0 Å². The molecule has 0 unspecified atom stereocenters. The predicted octanol–water partition coefficient (Wildman–Crippen LogP) is 1.42. The van der Waals surface area contributed by atoms with E-state index in [1.165, 1.54) is 9.58 Å². The fraction of sp³-hybridized carbons (Fsp3) is 0.267. The number of aromatic nitrogens is 2. The van der Waals surface area contributed by atoms with Gasteiger partial charge in [-0.2, -0.15) is 5.10 Å². The van der Waals surface area contributed by atoms with Crippen LogP contribution >= 0.6 is 0 Å². The van der Waals surface area contributed by atoms with Crippen molar-refractivity contribution in [1.29, 1.82) is 0 Å². The van der Waals surface area contributed by atoms with Crippen molar-refractivity contribution >= 4 is 17.6 Å². The standard InChI is InChI=1S/C15H16N4O2/c1-8-4-5-9(2)12-11(8)14(20)19(15(12)21)7-10-6-17-18(3)13(10)16/h4-6H,7,16H2,1-3H3. The maximum absolute atomic E-state index is 12.5. The maximum Gasteiger partial charge on any atom is 0.262 e. The Labute approximate surface area is 122 Å². The Morgan fingerprint density at radius 3 is 2.05 bits per heavy atom. The van der Waals surface area contributed by atoms with Crippen LogP contribution in [0.1, 0.15) is 37.4 Å². The van der Waals surface area contributed by atoms with Gasteiger partial charge in [-0.05, 0) is 25.0 Å². The quantitative estimate of drug-likeness (QED) is 0.845. The molecule has 0 saturated heterocycles. The van der Waals surface area contributed by atoms with Gasteiger partial charge in [0.1, 0.15) is 5.82 Å². The minimum absolute atomic E-state index is 0.144. The number of amides is 2. The molecule has 1 aromatic heterocycles. The highest BCUT2D eigenvalue weighted by molar-refractivity contribution is 6.22. The molecule has 1 aliphatic rings. The molecule has 0 fully saturated rings. The van der Waals surface area contributed by atoms with Gasteiger partial charge in [0.25, 0.3) is 11.8 Å². The number of carbonyl (C=O) groups is 2. The molecule has 0 spiro atoms. The van der Waals surface area contributed by atoms with Crippen LogP contribution in [-0.4, -0.2) is 26.5 Å². The van der Waals surface area contributed by atoms with E-state index < -0.39 is 0 Å². The van der Waals surface area contributed by atoms with Gasteiger partial charge in [-0.3, -0.25) is 19.2 Å². The lowest BCUT2D eigenvalue weighted by molar-refractivity contribution is 0.0642. The Bertz CT molecular complexity index is 735. The van der Waals surface area contributed by atoms with E-state index in [1.807, 2.05) is 26.0 Å². The van der Waals surface area contributed by atoms with Crippen LogP contribution in [0.3, 0.4) is 0 Å². The summed E-state index contributed by atoms with van der Waals surface area (Å²) in [7, 11) is 1.72. The van der Waals surface area contributed by atoms with Gasteiger partial charge in [-0.1, -0.05) is 12.1 Å². The highest BCUT2D eigenvalue weighted by atomic mass is 16.2. The summed E-state index contributed by atoms with van der Waals surface area (Å²) in [5.74, 6) is -0.0705. The summed E-state index contributed by atoms with van der Waals surface area (Å²) in [6, 6.07) is 3.72. The Morgan fingerprint density at radius 2 is 1.62 bits per heavy atom. The van der Waals surface area contributed by atoms with E-state index in [2.05, 4.69) is 5.10 Å². The van der Waals surface area contributed by atoms with E-state index in [0.717, 1.165) is 11.1 Å². The summed E-state index contributed by atoms with van der Waals surface area (Å²) in [5.41, 5.74) is 9.19. The minimum Gasteiger partial charge on any atom is -0.384 e. The first-order valence-corrected chi connectivity index (χ1v) is 6.64. The van der Waals surface area contributed by atoms with E-state index in [9.17, 15) is 9.59 Å². The van der Waals surface area contributed by atoms with Crippen molar-refractivity contribution in [2.75, 3.05) is 5.73 Å². The first kappa shape index (κ1) is 13.4. The number of carbonyl (C=O) groups excluding carboxylic acids is 2. The lowest BCUT2D eigenvalue weighted by Gasteiger charge is -2.13. The van der Waals surface area contributed by atoms with Crippen LogP contribution in [0.5, 0.6) is 0 Å². The molecule has 2 N–H and O–H groups in total. The van der Waals surface area contributed by atoms with Crippen LogP contribution in [0.4, 0.5) is 5.82 Å². The van der Waals surface area contributed by atoms with E-state index in [1.54, 1.807) is 13.2 Å². The largest absolute Gasteiger partial charge is 0.384 e. The number of fused-ring (bicyclic) bond motifs is 1. The molecule has 0 saturated carbocycles. The molecular weight excluding hydrogens is 268 g/mol. The molecule has 6 heteroatoms. The first-order valence-electron chi connectivity index (χ1n) is 6.64. The SMILES string of the molecule is Cc1ccc(C)c2c1C(=O)N(Cc1cnn(C)c1N)C2=O. The van der Waals surface area contributed by atoms with Gasteiger partial charge in [0.2, 0.25) is 0 Å². The number of hydrogen-bond acceptors (Lipinski definition) is 4. The number of benzene rings is 1. The van der Waals surface area contributed by atoms with Crippen molar-refractivity contribution in [2.24, 2.45) is 7.05 Å². The number of hydrogen-bond donors (Lipinski definition) is 1. The van der Waals surface area contributed by atoms with Crippen LogP contribution in [0, 0.1) is 13.8 Å². The molecule has 21 heavy (non-hydrogen) atoms. The number of imide groups is 1. The number of aryl methyl sites for hydroxylation is 3. The van der Waals surface area contributed by atoms with Crippen LogP contribution in [0.15, 0.2) is 18.3 Å². The third kappa shape index (κ3) is 1.83. The van der Waals surface area contributed by atoms with Gasteiger partial charge in [0.05, 0.1) is 23.9 Å². The third-order valence-electron chi connectivity index (χ3n) is 3.93. The fourth-order valence-electron chi connectivity index (χ4n) is 2.65. The molecule has 6 nitrogen and oxygen atoms in total. The third-order valence-corrected chi connectivity index (χ3v) is 3.93. The van der Waals surface area contributed by atoms with Crippen molar-refractivity contribution in [3.8, 4) is 0 Å². The molecule has 0 radical (unpaired) electrons. The summed E-state index contributed by atoms with van der Waals surface area (Å²) in [6.07, 6.45) is 1.58. The van der Waals surface area contributed by atoms with Crippen LogP contribution in [-0.2, 0) is 13.6 Å². The molecule has 2 heterocycles. The summed E-state index contributed by atoms with van der Waals surface area (Å²) in [5, 5.41) is 4.03. The molecule has 1 aromatic carbocycles. The Morgan fingerprint density at radius 1 is 1.10 bits per heavy atom. The lowest BCUT2D eigenvalue weighted by Crippen LogP contribution is -2.29. The highest BCUT2D eigenvalue weighted by Crippen LogP contribution is 2.30. The summed E-state index contributed by atoms with van der Waals surface area (Å²) in [6.45, 7) is 3.82. The number of rotatable bonds is 2. The lowest BCUT2D eigenvalue weighted by atomic mass is 9.99. The minimum atomic E-state index is -0.264. The number of nitrogens with two attached hydrogens (primary N) is 1. The monoisotopic (exact) mass is 284 g/mol. The molecule has 2 amide bonds. The van der Waals surface area contributed by atoms with E-state index in [-0.39, 0.29) is 18.4 Å². The van der Waals surface area contributed by atoms with Gasteiger partial charge in [-0.15, -0.1) is 0 Å². The number of anilines is 1. The molecule has 0 bridgehead atoms. The van der Waals surface area contributed by atoms with E-state index in [4.69, 9.17) is 5.73 Å². The first-order chi connectivity index (χ1) is 9.91. The van der Waals surface area contributed by atoms with Crippen molar-refractivity contribution in [3.63, 3.8) is 0 Å². The zero-order valence-electron chi connectivity index (χ0n) is 12.2. The van der Waals surface area contributed by atoms with Gasteiger partial charge in [0, 0.05) is 12.6 Å². The maximum atomic E-state index is 12.5. The second-order valence-electron chi connectivity index (χ2n) is 5.32. The Balaban J connectivity index is 2.03. The summed E-state index contributed by atoms with van der Waals surface area (Å²) < 4.78 is 1.52. The molecule has 3 rings (SSSR count). The summed E-state index contributed by atoms with van der Waals surface area (Å²) >= 11 is 0. The van der Waals surface area contributed by atoms with Crippen LogP contribution in [0.25, 0.3) is 0 Å². The van der Waals surface area contributed by atoms with Crippen LogP contribution in [0.2, 0.25) is 0 Å².